The summed E-state index contributed by atoms with van der Waals surface area (Å²) in [5.41, 5.74) is 5.27. The molecule has 2 heterocycles. The van der Waals surface area contributed by atoms with Crippen LogP contribution in [0.5, 0.6) is 0 Å². The van der Waals surface area contributed by atoms with Crippen molar-refractivity contribution >= 4 is 18.3 Å². The van der Waals surface area contributed by atoms with Gasteiger partial charge in [0.15, 0.2) is 12.4 Å². The van der Waals surface area contributed by atoms with Gasteiger partial charge in [-0.1, -0.05) is 5.11 Å². The Balaban J connectivity index is 2.24. The summed E-state index contributed by atoms with van der Waals surface area (Å²) in [7, 11) is 1.17. The van der Waals surface area contributed by atoms with Crippen molar-refractivity contribution in [3.63, 3.8) is 0 Å². The predicted molar refractivity (Wildman–Crippen MR) is 94.5 cm³/mol. The second-order valence-electron chi connectivity index (χ2n) is 6.14. The monoisotopic (exact) mass is 430 g/mol. The molecular formula is C15H19FN6O8. The van der Waals surface area contributed by atoms with Crippen molar-refractivity contribution in [2.75, 3.05) is 25.6 Å². The Bertz CT molecular complexity index is 877. The summed E-state index contributed by atoms with van der Waals surface area (Å²) in [4.78, 5) is 40.3. The Labute approximate surface area is 167 Å². The van der Waals surface area contributed by atoms with Crippen molar-refractivity contribution in [1.82, 2.24) is 9.55 Å². The fraction of sp³-hybridized carbons (Fsp3) is 0.600. The molecule has 0 aromatic carbocycles. The van der Waals surface area contributed by atoms with Gasteiger partial charge in [0.25, 0.3) is 6.47 Å². The van der Waals surface area contributed by atoms with Crippen LogP contribution in [-0.2, 0) is 23.8 Å². The minimum Gasteiger partial charge on any atom is -0.469 e. The Morgan fingerprint density at radius 2 is 2.40 bits per heavy atom. The molecule has 15 heteroatoms. The van der Waals surface area contributed by atoms with E-state index in [2.05, 4.69) is 29.8 Å². The molecule has 2 unspecified atom stereocenters. The Kier molecular flexibility index (Phi) is 7.66. The number of rotatable bonds is 10. The lowest BCUT2D eigenvalue weighted by Gasteiger charge is -2.23. The molecule has 1 saturated heterocycles. The van der Waals surface area contributed by atoms with Crippen molar-refractivity contribution in [1.29, 1.82) is 0 Å². The summed E-state index contributed by atoms with van der Waals surface area (Å²) >= 11 is 0. The summed E-state index contributed by atoms with van der Waals surface area (Å²) in [6.45, 7) is -1.07. The predicted octanol–water partition coefficient (Wildman–Crippen LogP) is -1.01. The quantitative estimate of drug-likeness (QED) is 0.136. The van der Waals surface area contributed by atoms with Gasteiger partial charge in [0, 0.05) is 11.1 Å². The first-order valence-corrected chi connectivity index (χ1v) is 8.46. The zero-order valence-electron chi connectivity index (χ0n) is 15.6. The van der Waals surface area contributed by atoms with Crippen molar-refractivity contribution in [2.24, 2.45) is 5.11 Å². The van der Waals surface area contributed by atoms with Gasteiger partial charge in [-0.25, -0.2) is 9.18 Å². The third-order valence-electron chi connectivity index (χ3n) is 4.26. The molecule has 164 valence electrons. The molecule has 0 amide bonds. The number of aliphatic hydroxyl groups excluding tert-OH is 2. The molecule has 0 aliphatic carbocycles. The van der Waals surface area contributed by atoms with E-state index in [9.17, 15) is 29.0 Å². The first kappa shape index (κ1) is 23.0. The van der Waals surface area contributed by atoms with Crippen molar-refractivity contribution in [3.05, 3.63) is 33.2 Å². The lowest BCUT2D eigenvalue weighted by atomic mass is 10.1. The van der Waals surface area contributed by atoms with Crippen LogP contribution in [0.1, 0.15) is 12.6 Å². The number of hydrogen-bond donors (Lipinski definition) is 3. The van der Waals surface area contributed by atoms with Crippen LogP contribution in [0.15, 0.2) is 22.2 Å². The third-order valence-corrected chi connectivity index (χ3v) is 4.26. The van der Waals surface area contributed by atoms with Gasteiger partial charge in [0.05, 0.1) is 26.2 Å². The average molecular weight is 430 g/mol. The van der Waals surface area contributed by atoms with Gasteiger partial charge in [-0.05, 0) is 11.6 Å². The Morgan fingerprint density at radius 3 is 2.97 bits per heavy atom. The fourth-order valence-electron chi connectivity index (χ4n) is 2.77. The van der Waals surface area contributed by atoms with E-state index in [1.165, 1.54) is 13.2 Å². The minimum absolute atomic E-state index is 0.0305. The summed E-state index contributed by atoms with van der Waals surface area (Å²) in [5.74, 6) is -0.639. The number of azide groups is 1. The number of carbonyl (C=O) groups excluding carboxylic acids is 2. The highest BCUT2D eigenvalue weighted by molar-refractivity contribution is 5.70. The number of methoxy groups -OCH3 is 1. The second-order valence-corrected chi connectivity index (χ2v) is 6.14. The lowest BCUT2D eigenvalue weighted by Crippen LogP contribution is -2.43. The normalized spacial score (nSPS) is 26.3. The molecule has 30 heavy (non-hydrogen) atoms. The summed E-state index contributed by atoms with van der Waals surface area (Å²) in [5, 5.41) is 25.2. The average Bonchev–Trinajstić information content (AvgIpc) is 2.97. The standard InChI is InChI=1S/C15H19FN6O8/c1-28-10(25)4-8(5-29-7-24)18-9-2-3-22(14(27)19-9)13-11(16)12(26)15(6-23,30-13)20-21-17/h2-3,7-8,11-13,23,26H,4-6H2,1H3,(H,18,19,27)/t8-,11-,12?,13?,15+/m0/s1. The summed E-state index contributed by atoms with van der Waals surface area (Å²) in [6.07, 6.45) is -5.09. The first-order chi connectivity index (χ1) is 14.3. The van der Waals surface area contributed by atoms with E-state index in [1.54, 1.807) is 0 Å². The van der Waals surface area contributed by atoms with Crippen LogP contribution in [0.3, 0.4) is 0 Å². The Morgan fingerprint density at radius 1 is 1.67 bits per heavy atom. The van der Waals surface area contributed by atoms with Gasteiger partial charge in [-0.3, -0.25) is 14.2 Å². The highest BCUT2D eigenvalue weighted by atomic mass is 19.1. The highest BCUT2D eigenvalue weighted by Gasteiger charge is 2.56. The third kappa shape index (κ3) is 4.83. The van der Waals surface area contributed by atoms with Gasteiger partial charge in [-0.15, -0.1) is 0 Å². The smallest absolute Gasteiger partial charge is 0.351 e. The maximum atomic E-state index is 14.5. The van der Waals surface area contributed by atoms with E-state index in [4.69, 9.17) is 10.3 Å². The molecule has 0 spiro atoms. The van der Waals surface area contributed by atoms with Crippen LogP contribution in [0.2, 0.25) is 0 Å². The first-order valence-electron chi connectivity index (χ1n) is 8.46. The maximum Gasteiger partial charge on any atom is 0.351 e. The molecule has 1 aromatic heterocycles. The summed E-state index contributed by atoms with van der Waals surface area (Å²) < 4.78 is 29.5. The number of aliphatic hydroxyl groups is 2. The zero-order chi connectivity index (χ0) is 22.3. The number of halogens is 1. The summed E-state index contributed by atoms with van der Waals surface area (Å²) in [6, 6.07) is 0.470. The van der Waals surface area contributed by atoms with E-state index in [0.29, 0.717) is 4.57 Å². The van der Waals surface area contributed by atoms with E-state index >= 15 is 0 Å². The second kappa shape index (κ2) is 9.98. The molecule has 1 aliphatic rings. The van der Waals surface area contributed by atoms with Gasteiger partial charge in [0.1, 0.15) is 18.5 Å². The lowest BCUT2D eigenvalue weighted by molar-refractivity contribution is -0.142. The van der Waals surface area contributed by atoms with Crippen LogP contribution in [0.25, 0.3) is 10.4 Å². The molecule has 1 fully saturated rings. The molecule has 14 nitrogen and oxygen atoms in total. The van der Waals surface area contributed by atoms with E-state index in [-0.39, 0.29) is 25.3 Å². The SMILES string of the molecule is COC(=O)C[C@@H](COC=O)Nc1ccn(C2O[C@@](CO)(N=[N+]=[N-])C(O)[C@@H]2F)c(=O)n1. The largest absolute Gasteiger partial charge is 0.469 e. The number of ether oxygens (including phenoxy) is 3. The van der Waals surface area contributed by atoms with Crippen LogP contribution >= 0.6 is 0 Å². The van der Waals surface area contributed by atoms with Gasteiger partial charge in [0.2, 0.25) is 5.72 Å². The van der Waals surface area contributed by atoms with Gasteiger partial charge >= 0.3 is 11.7 Å². The minimum atomic E-state index is -2.30. The number of esters is 1. The molecule has 0 bridgehead atoms. The van der Waals surface area contributed by atoms with Crippen LogP contribution < -0.4 is 11.0 Å². The topological polar surface area (TPSA) is 198 Å². The van der Waals surface area contributed by atoms with E-state index in [1.807, 2.05) is 0 Å². The van der Waals surface area contributed by atoms with Crippen LogP contribution in [0, 0.1) is 0 Å². The molecular weight excluding hydrogens is 411 g/mol. The highest BCUT2D eigenvalue weighted by Crippen LogP contribution is 2.39. The van der Waals surface area contributed by atoms with E-state index in [0.717, 1.165) is 6.20 Å². The van der Waals surface area contributed by atoms with Crippen LogP contribution in [0.4, 0.5) is 10.2 Å². The maximum absolute atomic E-state index is 14.5. The number of nitrogens with zero attached hydrogens (tertiary/aromatic N) is 5. The number of anilines is 1. The number of carbonyl (C=O) groups is 2. The van der Waals surface area contributed by atoms with E-state index < -0.39 is 48.5 Å². The molecule has 1 aromatic rings. The number of aromatic nitrogens is 2. The molecule has 2 rings (SSSR count). The molecule has 0 saturated carbocycles. The van der Waals surface area contributed by atoms with Gasteiger partial charge < -0.3 is 29.7 Å². The number of nitrogens with one attached hydrogen (secondary N) is 1. The van der Waals surface area contributed by atoms with Crippen molar-refractivity contribution in [2.45, 2.75) is 36.7 Å². The zero-order valence-corrected chi connectivity index (χ0v) is 15.6. The number of hydrogen-bond acceptors (Lipinski definition) is 11. The fourth-order valence-corrected chi connectivity index (χ4v) is 2.77. The number of alkyl halides is 1. The molecule has 5 atom stereocenters. The Hall–Kier alpha value is -3.26. The van der Waals surface area contributed by atoms with Gasteiger partial charge in [-0.2, -0.15) is 4.98 Å². The molecule has 0 radical (unpaired) electrons. The van der Waals surface area contributed by atoms with Crippen LogP contribution in [-0.4, -0.2) is 76.6 Å². The molecule has 1 aliphatic heterocycles. The molecule has 3 N–H and O–H groups in total. The van der Waals surface area contributed by atoms with Crippen molar-refractivity contribution < 1.29 is 38.4 Å². The van der Waals surface area contributed by atoms with Crippen molar-refractivity contribution in [3.8, 4) is 0 Å².